The molecule has 0 saturated heterocycles. The maximum atomic E-state index is 13.5. The monoisotopic (exact) mass is 283 g/mol. The molecule has 1 aromatic rings. The van der Waals surface area contributed by atoms with Crippen molar-refractivity contribution in [3.05, 3.63) is 29.6 Å². The lowest BCUT2D eigenvalue weighted by atomic mass is 9.94. The smallest absolute Gasteiger partial charge is 0.129 e. The highest BCUT2D eigenvalue weighted by Crippen LogP contribution is 2.21. The predicted molar refractivity (Wildman–Crippen MR) is 79.6 cm³/mol. The van der Waals surface area contributed by atoms with Gasteiger partial charge in [0.25, 0.3) is 0 Å². The fraction of sp³-hybridized carbons (Fsp3) is 0.625. The summed E-state index contributed by atoms with van der Waals surface area (Å²) in [7, 11) is 0. The maximum absolute atomic E-state index is 13.5. The zero-order chi connectivity index (χ0) is 15.3. The summed E-state index contributed by atoms with van der Waals surface area (Å²) in [6.45, 7) is 9.71. The van der Waals surface area contributed by atoms with Gasteiger partial charge in [-0.25, -0.2) is 4.39 Å². The number of nitrogens with one attached hydrogen (secondary N) is 1. The lowest BCUT2D eigenvalue weighted by Crippen LogP contribution is -2.51. The van der Waals surface area contributed by atoms with Crippen molar-refractivity contribution in [1.29, 1.82) is 0 Å². The van der Waals surface area contributed by atoms with E-state index in [-0.39, 0.29) is 24.6 Å². The van der Waals surface area contributed by atoms with Gasteiger partial charge in [0.05, 0.1) is 12.7 Å². The number of rotatable bonds is 7. The van der Waals surface area contributed by atoms with Gasteiger partial charge in [-0.15, -0.1) is 0 Å². The van der Waals surface area contributed by atoms with Crippen LogP contribution in [-0.4, -0.2) is 29.4 Å². The number of aliphatic hydroxyl groups is 1. The second-order valence-corrected chi connectivity index (χ2v) is 6.06. The summed E-state index contributed by atoms with van der Waals surface area (Å²) in [5.74, 6) is 0.255. The number of hydrogen-bond donors (Lipinski definition) is 2. The van der Waals surface area contributed by atoms with Crippen LogP contribution in [0.3, 0.4) is 0 Å². The molecule has 0 spiro atoms. The molecule has 114 valence electrons. The van der Waals surface area contributed by atoms with Crippen LogP contribution in [0.15, 0.2) is 18.2 Å². The summed E-state index contributed by atoms with van der Waals surface area (Å²) >= 11 is 0. The molecule has 1 rings (SSSR count). The Morgan fingerprint density at radius 1 is 1.35 bits per heavy atom. The molecule has 20 heavy (non-hydrogen) atoms. The van der Waals surface area contributed by atoms with Gasteiger partial charge >= 0.3 is 0 Å². The Balaban J connectivity index is 2.65. The van der Waals surface area contributed by atoms with E-state index in [9.17, 15) is 9.50 Å². The second-order valence-electron chi connectivity index (χ2n) is 6.06. The molecule has 0 bridgehead atoms. The van der Waals surface area contributed by atoms with Crippen molar-refractivity contribution in [1.82, 2.24) is 5.32 Å². The van der Waals surface area contributed by atoms with Gasteiger partial charge in [0, 0.05) is 24.1 Å². The van der Waals surface area contributed by atoms with Gasteiger partial charge in [0.1, 0.15) is 11.6 Å². The molecule has 0 saturated carbocycles. The molecule has 0 fully saturated rings. The minimum Gasteiger partial charge on any atom is -0.491 e. The molecule has 0 heterocycles. The fourth-order valence-electron chi connectivity index (χ4n) is 2.42. The number of ether oxygens (including phenoxy) is 1. The molecule has 0 aliphatic rings. The Hall–Kier alpha value is -1.13. The highest BCUT2D eigenvalue weighted by Gasteiger charge is 2.27. The first kappa shape index (κ1) is 16.9. The molecule has 4 heteroatoms. The van der Waals surface area contributed by atoms with Crippen LogP contribution >= 0.6 is 0 Å². The van der Waals surface area contributed by atoms with E-state index >= 15 is 0 Å². The predicted octanol–water partition coefficient (Wildman–Crippen LogP) is 3.04. The van der Waals surface area contributed by atoms with Crippen molar-refractivity contribution in [2.24, 2.45) is 0 Å². The minimum atomic E-state index is -0.406. The Kier molecular flexibility index (Phi) is 5.96. The Bertz CT molecular complexity index is 436. The molecular formula is C16H26FNO2. The summed E-state index contributed by atoms with van der Waals surface area (Å²) in [4.78, 5) is 0. The standard InChI is InChI=1S/C16H26FNO2/c1-11(2)18-16(5,10-19)9-13(4)20-14-7-6-12(3)15(17)8-14/h6-8,11,13,18-19H,9-10H2,1-5H3. The summed E-state index contributed by atoms with van der Waals surface area (Å²) in [5.41, 5.74) is 0.197. The molecule has 0 amide bonds. The van der Waals surface area contributed by atoms with Gasteiger partial charge in [-0.2, -0.15) is 0 Å². The number of aryl methyl sites for hydroxylation is 1. The van der Waals surface area contributed by atoms with E-state index in [1.54, 1.807) is 19.1 Å². The summed E-state index contributed by atoms with van der Waals surface area (Å²) in [6.07, 6.45) is 0.512. The van der Waals surface area contributed by atoms with Crippen molar-refractivity contribution >= 4 is 0 Å². The van der Waals surface area contributed by atoms with E-state index in [1.807, 2.05) is 27.7 Å². The largest absolute Gasteiger partial charge is 0.491 e. The number of benzene rings is 1. The molecule has 0 radical (unpaired) electrons. The topological polar surface area (TPSA) is 41.5 Å². The molecule has 1 aromatic carbocycles. The second kappa shape index (κ2) is 7.04. The summed E-state index contributed by atoms with van der Waals surface area (Å²) < 4.78 is 19.2. The van der Waals surface area contributed by atoms with E-state index in [1.165, 1.54) is 6.07 Å². The quantitative estimate of drug-likeness (QED) is 0.808. The van der Waals surface area contributed by atoms with Gasteiger partial charge in [-0.1, -0.05) is 19.9 Å². The maximum Gasteiger partial charge on any atom is 0.129 e. The molecule has 0 aliphatic heterocycles. The van der Waals surface area contributed by atoms with Crippen molar-refractivity contribution in [2.75, 3.05) is 6.61 Å². The van der Waals surface area contributed by atoms with Crippen LogP contribution in [0.5, 0.6) is 5.75 Å². The molecule has 2 atom stereocenters. The summed E-state index contributed by atoms with van der Waals surface area (Å²) in [6, 6.07) is 5.14. The SMILES string of the molecule is Cc1ccc(OC(C)CC(C)(CO)NC(C)C)cc1F. The first-order chi connectivity index (χ1) is 9.25. The van der Waals surface area contributed by atoms with Crippen molar-refractivity contribution < 1.29 is 14.2 Å². The number of hydrogen-bond acceptors (Lipinski definition) is 3. The Morgan fingerprint density at radius 3 is 2.50 bits per heavy atom. The van der Waals surface area contributed by atoms with Gasteiger partial charge in [-0.3, -0.25) is 0 Å². The van der Waals surface area contributed by atoms with Gasteiger partial charge in [0.2, 0.25) is 0 Å². The average molecular weight is 283 g/mol. The molecule has 0 aliphatic carbocycles. The van der Waals surface area contributed by atoms with Crippen molar-refractivity contribution in [2.45, 2.75) is 58.7 Å². The third-order valence-corrected chi connectivity index (χ3v) is 3.20. The lowest BCUT2D eigenvalue weighted by molar-refractivity contribution is 0.104. The van der Waals surface area contributed by atoms with E-state index < -0.39 is 5.54 Å². The molecular weight excluding hydrogens is 257 g/mol. The first-order valence-electron chi connectivity index (χ1n) is 7.07. The highest BCUT2D eigenvalue weighted by atomic mass is 19.1. The molecule has 0 aromatic heterocycles. The third-order valence-electron chi connectivity index (χ3n) is 3.20. The molecule has 2 N–H and O–H groups in total. The van der Waals surface area contributed by atoms with E-state index in [2.05, 4.69) is 5.32 Å². The van der Waals surface area contributed by atoms with Crippen LogP contribution in [0.2, 0.25) is 0 Å². The van der Waals surface area contributed by atoms with Crippen LogP contribution in [-0.2, 0) is 0 Å². The van der Waals surface area contributed by atoms with E-state index in [4.69, 9.17) is 4.74 Å². The zero-order valence-electron chi connectivity index (χ0n) is 13.0. The normalized spacial score (nSPS) is 16.0. The minimum absolute atomic E-state index is 0.0289. The zero-order valence-corrected chi connectivity index (χ0v) is 13.0. The Morgan fingerprint density at radius 2 is 2.00 bits per heavy atom. The van der Waals surface area contributed by atoms with Gasteiger partial charge in [0.15, 0.2) is 0 Å². The summed E-state index contributed by atoms with van der Waals surface area (Å²) in [5, 5.41) is 12.9. The van der Waals surface area contributed by atoms with Crippen LogP contribution in [0.1, 0.15) is 39.7 Å². The number of aliphatic hydroxyl groups excluding tert-OH is 1. The van der Waals surface area contributed by atoms with Crippen LogP contribution in [0.4, 0.5) is 4.39 Å². The van der Waals surface area contributed by atoms with E-state index in [0.717, 1.165) is 0 Å². The first-order valence-corrected chi connectivity index (χ1v) is 7.07. The molecule has 2 unspecified atom stereocenters. The molecule has 3 nitrogen and oxygen atoms in total. The van der Waals surface area contributed by atoms with Crippen molar-refractivity contribution in [3.63, 3.8) is 0 Å². The van der Waals surface area contributed by atoms with Crippen LogP contribution < -0.4 is 10.1 Å². The average Bonchev–Trinajstić information content (AvgIpc) is 2.32. The lowest BCUT2D eigenvalue weighted by Gasteiger charge is -2.33. The van der Waals surface area contributed by atoms with Crippen molar-refractivity contribution in [3.8, 4) is 5.75 Å². The highest BCUT2D eigenvalue weighted by molar-refractivity contribution is 5.28. The number of halogens is 1. The van der Waals surface area contributed by atoms with Gasteiger partial charge < -0.3 is 15.2 Å². The Labute approximate surface area is 121 Å². The third kappa shape index (κ3) is 5.10. The van der Waals surface area contributed by atoms with E-state index in [0.29, 0.717) is 17.7 Å². The fourth-order valence-corrected chi connectivity index (χ4v) is 2.42. The van der Waals surface area contributed by atoms with Gasteiger partial charge in [-0.05, 0) is 32.4 Å². The van der Waals surface area contributed by atoms with Crippen LogP contribution in [0.25, 0.3) is 0 Å². The van der Waals surface area contributed by atoms with Crippen LogP contribution in [0, 0.1) is 12.7 Å².